The molecule has 1 N–H and O–H groups in total. The van der Waals surface area contributed by atoms with Gasteiger partial charge in [-0.1, -0.05) is 75.9 Å². The summed E-state index contributed by atoms with van der Waals surface area (Å²) in [7, 11) is 0. The highest BCUT2D eigenvalue weighted by atomic mass is 16.3. The Kier molecular flexibility index (Phi) is 7.19. The van der Waals surface area contributed by atoms with Gasteiger partial charge in [0, 0.05) is 0 Å². The molecule has 0 aliphatic carbocycles. The second kappa shape index (κ2) is 9.39. The fraction of sp³-hybridized carbons (Fsp3) is 0.455. The highest BCUT2D eigenvalue weighted by Gasteiger charge is 2.14. The first kappa shape index (κ1) is 17.6. The predicted octanol–water partition coefficient (Wildman–Crippen LogP) is 6.52. The van der Waals surface area contributed by atoms with Gasteiger partial charge in [-0.2, -0.15) is 0 Å². The molecule has 2 aromatic carbocycles. The Morgan fingerprint density at radius 1 is 0.696 bits per heavy atom. The molecule has 124 valence electrons. The van der Waals surface area contributed by atoms with Crippen LogP contribution in [0.15, 0.2) is 42.5 Å². The fourth-order valence-electron chi connectivity index (χ4n) is 3.24. The van der Waals surface area contributed by atoms with Gasteiger partial charge in [0.15, 0.2) is 0 Å². The van der Waals surface area contributed by atoms with E-state index < -0.39 is 0 Å². The van der Waals surface area contributed by atoms with Gasteiger partial charge < -0.3 is 5.11 Å². The van der Waals surface area contributed by atoms with Crippen molar-refractivity contribution >= 4 is 0 Å². The molecule has 2 aromatic rings. The lowest BCUT2D eigenvalue weighted by atomic mass is 9.89. The molecule has 0 aliphatic heterocycles. The van der Waals surface area contributed by atoms with Gasteiger partial charge in [0.2, 0.25) is 0 Å². The number of phenols is 1. The summed E-state index contributed by atoms with van der Waals surface area (Å²) in [6.07, 6.45) is 9.32. The molecule has 0 fully saturated rings. The van der Waals surface area contributed by atoms with Crippen molar-refractivity contribution in [2.24, 2.45) is 0 Å². The lowest BCUT2D eigenvalue weighted by Crippen LogP contribution is -2.00. The maximum atomic E-state index is 10.4. The van der Waals surface area contributed by atoms with Crippen LogP contribution in [0.3, 0.4) is 0 Å². The number of phenolic OH excluding ortho intramolecular Hbond substituents is 1. The molecule has 0 saturated heterocycles. The first-order valence-electron chi connectivity index (χ1n) is 9.17. The Labute approximate surface area is 141 Å². The van der Waals surface area contributed by atoms with Gasteiger partial charge in [0.25, 0.3) is 0 Å². The quantitative estimate of drug-likeness (QED) is 0.522. The molecule has 0 amide bonds. The molecule has 0 saturated carbocycles. The SMILES string of the molecule is CCCCCc1c(O)ccc(-c2ccccc2)c1CCCCC. The van der Waals surface area contributed by atoms with E-state index in [1.54, 1.807) is 0 Å². The van der Waals surface area contributed by atoms with Crippen molar-refractivity contribution in [3.63, 3.8) is 0 Å². The van der Waals surface area contributed by atoms with Gasteiger partial charge in [0.05, 0.1) is 0 Å². The van der Waals surface area contributed by atoms with Crippen LogP contribution >= 0.6 is 0 Å². The normalized spacial score (nSPS) is 10.9. The van der Waals surface area contributed by atoms with E-state index in [0.29, 0.717) is 5.75 Å². The summed E-state index contributed by atoms with van der Waals surface area (Å²) in [6, 6.07) is 14.6. The van der Waals surface area contributed by atoms with Gasteiger partial charge in [-0.3, -0.25) is 0 Å². The van der Waals surface area contributed by atoms with E-state index in [0.717, 1.165) is 19.3 Å². The van der Waals surface area contributed by atoms with Crippen molar-refractivity contribution in [3.05, 3.63) is 53.6 Å². The number of rotatable bonds is 9. The summed E-state index contributed by atoms with van der Waals surface area (Å²) in [5, 5.41) is 10.4. The summed E-state index contributed by atoms with van der Waals surface area (Å²) in [6.45, 7) is 4.46. The van der Waals surface area contributed by atoms with Crippen molar-refractivity contribution in [1.29, 1.82) is 0 Å². The third kappa shape index (κ3) is 4.86. The molecule has 0 aliphatic rings. The molecule has 1 nitrogen and oxygen atoms in total. The third-order valence-electron chi connectivity index (χ3n) is 4.55. The standard InChI is InChI=1S/C22H30O/c1-3-5-8-14-20-19(18-12-10-7-11-13-18)16-17-22(23)21(20)15-9-6-4-2/h7,10-13,16-17,23H,3-6,8-9,14-15H2,1-2H3. The first-order chi connectivity index (χ1) is 11.3. The molecule has 0 atom stereocenters. The largest absolute Gasteiger partial charge is 0.508 e. The molecule has 0 aromatic heterocycles. The van der Waals surface area contributed by atoms with Gasteiger partial charge in [-0.25, -0.2) is 0 Å². The average Bonchev–Trinajstić information content (AvgIpc) is 2.58. The number of aromatic hydroxyl groups is 1. The Balaban J connectivity index is 2.37. The minimum atomic E-state index is 0.479. The van der Waals surface area contributed by atoms with Crippen LogP contribution in [0.2, 0.25) is 0 Å². The lowest BCUT2D eigenvalue weighted by Gasteiger charge is -2.17. The third-order valence-corrected chi connectivity index (χ3v) is 4.55. The Morgan fingerprint density at radius 2 is 1.30 bits per heavy atom. The minimum absolute atomic E-state index is 0.479. The highest BCUT2D eigenvalue weighted by Crippen LogP contribution is 2.34. The predicted molar refractivity (Wildman–Crippen MR) is 100 cm³/mol. The van der Waals surface area contributed by atoms with E-state index in [1.807, 2.05) is 6.07 Å². The van der Waals surface area contributed by atoms with Gasteiger partial charge >= 0.3 is 0 Å². The number of unbranched alkanes of at least 4 members (excludes halogenated alkanes) is 4. The van der Waals surface area contributed by atoms with Crippen molar-refractivity contribution < 1.29 is 5.11 Å². The zero-order valence-electron chi connectivity index (χ0n) is 14.6. The van der Waals surface area contributed by atoms with Crippen LogP contribution in [0.25, 0.3) is 11.1 Å². The lowest BCUT2D eigenvalue weighted by molar-refractivity contribution is 0.465. The van der Waals surface area contributed by atoms with E-state index in [9.17, 15) is 5.11 Å². The van der Waals surface area contributed by atoms with E-state index in [1.165, 1.54) is 54.4 Å². The topological polar surface area (TPSA) is 20.2 Å². The summed E-state index contributed by atoms with van der Waals surface area (Å²) < 4.78 is 0. The van der Waals surface area contributed by atoms with Crippen molar-refractivity contribution in [2.45, 2.75) is 65.2 Å². The molecule has 1 heteroatoms. The molecule has 0 spiro atoms. The van der Waals surface area contributed by atoms with Gasteiger partial charge in [-0.15, -0.1) is 0 Å². The molecule has 2 rings (SSSR count). The molecule has 0 bridgehead atoms. The van der Waals surface area contributed by atoms with Crippen LogP contribution in [0.1, 0.15) is 63.5 Å². The Hall–Kier alpha value is -1.76. The van der Waals surface area contributed by atoms with Crippen LogP contribution in [0.4, 0.5) is 0 Å². The van der Waals surface area contributed by atoms with E-state index >= 15 is 0 Å². The Bertz CT molecular complexity index is 586. The summed E-state index contributed by atoms with van der Waals surface area (Å²) in [5.41, 5.74) is 5.10. The second-order valence-electron chi connectivity index (χ2n) is 6.37. The molecule has 0 unspecified atom stereocenters. The molecule has 23 heavy (non-hydrogen) atoms. The monoisotopic (exact) mass is 310 g/mol. The van der Waals surface area contributed by atoms with Crippen molar-refractivity contribution in [1.82, 2.24) is 0 Å². The maximum Gasteiger partial charge on any atom is 0.119 e. The van der Waals surface area contributed by atoms with Crippen LogP contribution in [0, 0.1) is 0 Å². The number of hydrogen-bond acceptors (Lipinski definition) is 1. The molecule has 0 heterocycles. The highest BCUT2D eigenvalue weighted by molar-refractivity contribution is 5.70. The number of benzene rings is 2. The second-order valence-corrected chi connectivity index (χ2v) is 6.37. The summed E-state index contributed by atoms with van der Waals surface area (Å²) in [5.74, 6) is 0.479. The molecule has 0 radical (unpaired) electrons. The van der Waals surface area contributed by atoms with Crippen LogP contribution < -0.4 is 0 Å². The fourth-order valence-corrected chi connectivity index (χ4v) is 3.24. The Morgan fingerprint density at radius 3 is 1.91 bits per heavy atom. The first-order valence-corrected chi connectivity index (χ1v) is 9.17. The molecular formula is C22H30O. The summed E-state index contributed by atoms with van der Waals surface area (Å²) >= 11 is 0. The van der Waals surface area contributed by atoms with Gasteiger partial charge in [0.1, 0.15) is 5.75 Å². The maximum absolute atomic E-state index is 10.4. The van der Waals surface area contributed by atoms with E-state index in [4.69, 9.17) is 0 Å². The summed E-state index contributed by atoms with van der Waals surface area (Å²) in [4.78, 5) is 0. The van der Waals surface area contributed by atoms with Crippen molar-refractivity contribution in [3.8, 4) is 16.9 Å². The van der Waals surface area contributed by atoms with Crippen LogP contribution in [-0.4, -0.2) is 5.11 Å². The van der Waals surface area contributed by atoms with Crippen LogP contribution in [0.5, 0.6) is 5.75 Å². The van der Waals surface area contributed by atoms with E-state index in [2.05, 4.69) is 50.2 Å². The minimum Gasteiger partial charge on any atom is -0.508 e. The molecular weight excluding hydrogens is 280 g/mol. The van der Waals surface area contributed by atoms with Gasteiger partial charge in [-0.05, 0) is 54.0 Å². The smallest absolute Gasteiger partial charge is 0.119 e. The zero-order chi connectivity index (χ0) is 16.5. The average molecular weight is 310 g/mol. The number of hydrogen-bond donors (Lipinski definition) is 1. The van der Waals surface area contributed by atoms with Crippen molar-refractivity contribution in [2.75, 3.05) is 0 Å². The van der Waals surface area contributed by atoms with E-state index in [-0.39, 0.29) is 0 Å². The zero-order valence-corrected chi connectivity index (χ0v) is 14.6. The van der Waals surface area contributed by atoms with Crippen LogP contribution in [-0.2, 0) is 12.8 Å².